The smallest absolute Gasteiger partial charge is 0.252 e. The summed E-state index contributed by atoms with van der Waals surface area (Å²) in [5.74, 6) is 0. The number of fused-ring (bicyclic) bond motifs is 10. The molecule has 4 heteroatoms. The van der Waals surface area contributed by atoms with Gasteiger partial charge in [0.05, 0.1) is 16.8 Å². The number of hydrogen-bond acceptors (Lipinski definition) is 3. The normalized spacial score (nSPS) is 24.6. The molecule has 4 heterocycles. The summed E-state index contributed by atoms with van der Waals surface area (Å²) >= 11 is 0. The molecule has 6 aliphatic rings. The first-order chi connectivity index (χ1) is 34.3. The standard InChI is InChI=1S/C68H74BN3/c1-43-37-44(2)60-62-59(43)66(10)34-20-22-36-68(66,12)72(62)58-42-50(71-55-31-27-47(45-23-15-13-16-24-45)38-52(55)65(9)33-19-21-35-67(65,71)11)41-57-61(58)69(60)53-30-28-49(64(6,7)8)40-56(53)70(57)54-32-29-48(63(3,4)5)39-51(54)46-25-17-14-18-26-46/h13-18,23-32,37-42H,19-22,33-36H2,1-12H3. The fourth-order valence-electron chi connectivity index (χ4n) is 15.8. The zero-order valence-corrected chi connectivity index (χ0v) is 45.3. The Morgan fingerprint density at radius 1 is 0.458 bits per heavy atom. The molecule has 72 heavy (non-hydrogen) atoms. The molecule has 0 radical (unpaired) electrons. The van der Waals surface area contributed by atoms with Crippen molar-refractivity contribution in [2.75, 3.05) is 14.7 Å². The molecule has 2 fully saturated rings. The highest BCUT2D eigenvalue weighted by Crippen LogP contribution is 2.65. The molecule has 2 saturated carbocycles. The topological polar surface area (TPSA) is 9.72 Å². The van der Waals surface area contributed by atoms with Gasteiger partial charge in [-0.15, -0.1) is 0 Å². The van der Waals surface area contributed by atoms with E-state index in [1.54, 1.807) is 5.56 Å². The van der Waals surface area contributed by atoms with Crippen LogP contribution in [0.25, 0.3) is 22.3 Å². The second-order valence-corrected chi connectivity index (χ2v) is 26.1. The van der Waals surface area contributed by atoms with Crippen LogP contribution in [0.3, 0.4) is 0 Å². The van der Waals surface area contributed by atoms with E-state index < -0.39 is 0 Å². The molecule has 0 saturated heterocycles. The van der Waals surface area contributed by atoms with Crippen molar-refractivity contribution in [3.05, 3.63) is 167 Å². The minimum Gasteiger partial charge on any atom is -0.335 e. The molecule has 0 bridgehead atoms. The fraction of sp³-hybridized carbons (Fsp3) is 0.382. The van der Waals surface area contributed by atoms with E-state index in [1.807, 2.05) is 0 Å². The minimum absolute atomic E-state index is 0.00732. The summed E-state index contributed by atoms with van der Waals surface area (Å²) in [6.45, 7) is 29.7. The molecule has 7 aromatic carbocycles. The number of rotatable bonds is 4. The van der Waals surface area contributed by atoms with Crippen molar-refractivity contribution in [1.29, 1.82) is 0 Å². The van der Waals surface area contributed by atoms with E-state index in [9.17, 15) is 0 Å². The van der Waals surface area contributed by atoms with E-state index in [2.05, 4.69) is 231 Å². The molecule has 7 aromatic rings. The van der Waals surface area contributed by atoms with E-state index in [4.69, 9.17) is 0 Å². The molecule has 0 spiro atoms. The van der Waals surface area contributed by atoms with Gasteiger partial charge in [0, 0.05) is 50.5 Å². The summed E-state index contributed by atoms with van der Waals surface area (Å²) in [4.78, 5) is 8.60. The zero-order chi connectivity index (χ0) is 50.1. The molecule has 4 unspecified atom stereocenters. The van der Waals surface area contributed by atoms with Crippen molar-refractivity contribution < 1.29 is 0 Å². The van der Waals surface area contributed by atoms with Crippen LogP contribution < -0.4 is 31.1 Å². The average molecular weight is 944 g/mol. The maximum atomic E-state index is 2.97. The Labute approximate surface area is 431 Å². The van der Waals surface area contributed by atoms with Gasteiger partial charge in [-0.25, -0.2) is 0 Å². The molecule has 364 valence electrons. The summed E-state index contributed by atoms with van der Waals surface area (Å²) in [7, 11) is 0. The van der Waals surface area contributed by atoms with Gasteiger partial charge in [0.15, 0.2) is 0 Å². The Bertz CT molecular complexity index is 3390. The third kappa shape index (κ3) is 6.05. The lowest BCUT2D eigenvalue weighted by Crippen LogP contribution is -2.65. The van der Waals surface area contributed by atoms with Crippen LogP contribution in [-0.4, -0.2) is 17.8 Å². The fourth-order valence-corrected chi connectivity index (χ4v) is 15.8. The lowest BCUT2D eigenvalue weighted by atomic mass is 9.32. The number of aryl methyl sites for hydroxylation is 2. The zero-order valence-electron chi connectivity index (χ0n) is 45.3. The molecule has 0 aromatic heterocycles. The van der Waals surface area contributed by atoms with Crippen LogP contribution in [-0.2, 0) is 21.7 Å². The summed E-state index contributed by atoms with van der Waals surface area (Å²) in [5.41, 5.74) is 27.4. The van der Waals surface area contributed by atoms with Crippen LogP contribution >= 0.6 is 0 Å². The third-order valence-corrected chi connectivity index (χ3v) is 20.1. The first-order valence-corrected chi connectivity index (χ1v) is 27.6. The van der Waals surface area contributed by atoms with Gasteiger partial charge in [0.25, 0.3) is 6.71 Å². The Balaban J connectivity index is 1.17. The van der Waals surface area contributed by atoms with Crippen molar-refractivity contribution in [2.45, 2.75) is 167 Å². The predicted molar refractivity (Wildman–Crippen MR) is 309 cm³/mol. The van der Waals surface area contributed by atoms with Crippen LogP contribution in [0.4, 0.5) is 39.8 Å². The van der Waals surface area contributed by atoms with Gasteiger partial charge >= 0.3 is 0 Å². The highest BCUT2D eigenvalue weighted by Gasteiger charge is 2.63. The molecule has 0 N–H and O–H groups in total. The van der Waals surface area contributed by atoms with Crippen LogP contribution in [0.5, 0.6) is 0 Å². The largest absolute Gasteiger partial charge is 0.335 e. The first-order valence-electron chi connectivity index (χ1n) is 27.6. The van der Waals surface area contributed by atoms with E-state index in [0.29, 0.717) is 0 Å². The number of anilines is 7. The maximum absolute atomic E-state index is 2.97. The van der Waals surface area contributed by atoms with Gasteiger partial charge < -0.3 is 14.7 Å². The second kappa shape index (κ2) is 15.3. The predicted octanol–water partition coefficient (Wildman–Crippen LogP) is 16.3. The highest BCUT2D eigenvalue weighted by molar-refractivity contribution is 7.00. The lowest BCUT2D eigenvalue weighted by Gasteiger charge is -2.54. The molecular formula is C68H74BN3. The number of hydrogen-bond donors (Lipinski definition) is 0. The third-order valence-electron chi connectivity index (χ3n) is 20.1. The second-order valence-electron chi connectivity index (χ2n) is 26.1. The molecule has 3 nitrogen and oxygen atoms in total. The van der Waals surface area contributed by atoms with E-state index >= 15 is 0 Å². The van der Waals surface area contributed by atoms with E-state index in [1.165, 1.54) is 151 Å². The summed E-state index contributed by atoms with van der Waals surface area (Å²) in [6.07, 6.45) is 9.71. The number of benzene rings is 7. The monoisotopic (exact) mass is 944 g/mol. The van der Waals surface area contributed by atoms with Gasteiger partial charge in [-0.05, 0) is 168 Å². The molecular weight excluding hydrogens is 870 g/mol. The first kappa shape index (κ1) is 45.8. The highest BCUT2D eigenvalue weighted by atomic mass is 15.3. The van der Waals surface area contributed by atoms with Crippen molar-refractivity contribution in [3.8, 4) is 22.3 Å². The van der Waals surface area contributed by atoms with Crippen LogP contribution in [0, 0.1) is 13.8 Å². The van der Waals surface area contributed by atoms with Gasteiger partial charge in [0.1, 0.15) is 0 Å². The Kier molecular flexibility index (Phi) is 9.73. The van der Waals surface area contributed by atoms with Crippen LogP contribution in [0.1, 0.15) is 154 Å². The Morgan fingerprint density at radius 2 is 1.04 bits per heavy atom. The van der Waals surface area contributed by atoms with Crippen molar-refractivity contribution in [1.82, 2.24) is 0 Å². The van der Waals surface area contributed by atoms with Crippen molar-refractivity contribution in [3.63, 3.8) is 0 Å². The van der Waals surface area contributed by atoms with E-state index in [0.717, 1.165) is 6.42 Å². The summed E-state index contributed by atoms with van der Waals surface area (Å²) in [5, 5.41) is 0. The number of nitrogens with zero attached hydrogens (tertiary/aromatic N) is 3. The molecule has 4 aliphatic heterocycles. The Hall–Kier alpha value is -6.00. The van der Waals surface area contributed by atoms with Gasteiger partial charge in [-0.1, -0.05) is 178 Å². The minimum atomic E-state index is -0.136. The van der Waals surface area contributed by atoms with Crippen LogP contribution in [0.15, 0.2) is 133 Å². The lowest BCUT2D eigenvalue weighted by molar-refractivity contribution is 0.193. The van der Waals surface area contributed by atoms with Gasteiger partial charge in [-0.3, -0.25) is 0 Å². The van der Waals surface area contributed by atoms with E-state index in [-0.39, 0.29) is 39.5 Å². The molecule has 0 amide bonds. The van der Waals surface area contributed by atoms with Crippen molar-refractivity contribution >= 4 is 62.9 Å². The maximum Gasteiger partial charge on any atom is 0.252 e. The summed E-state index contributed by atoms with van der Waals surface area (Å²) < 4.78 is 0. The SMILES string of the molecule is Cc1cc(C)c2c3c1B1c4ccc(C(C)(C)C)cc4N(c4ccc(C(C)(C)C)cc4-c4ccccc4)c4cc(N5c6ccc(-c7ccccc7)cc6C6(C)CCCCC56C)cc(c41)N3C1(C)CCCCC21C. The van der Waals surface area contributed by atoms with Gasteiger partial charge in [0.2, 0.25) is 0 Å². The molecule has 2 aliphatic carbocycles. The van der Waals surface area contributed by atoms with Crippen LogP contribution in [0.2, 0.25) is 0 Å². The quantitative estimate of drug-likeness (QED) is 0.163. The Morgan fingerprint density at radius 3 is 1.72 bits per heavy atom. The molecule has 13 rings (SSSR count). The van der Waals surface area contributed by atoms with Gasteiger partial charge in [-0.2, -0.15) is 0 Å². The van der Waals surface area contributed by atoms with Crippen molar-refractivity contribution in [2.24, 2.45) is 0 Å². The summed E-state index contributed by atoms with van der Waals surface area (Å²) in [6, 6.07) is 52.8. The molecule has 4 atom stereocenters. The average Bonchev–Trinajstić information content (AvgIpc) is 3.71.